The van der Waals surface area contributed by atoms with Gasteiger partial charge >= 0.3 is 6.09 Å². The molecule has 192 valence electrons. The van der Waals surface area contributed by atoms with Gasteiger partial charge in [-0.2, -0.15) is 5.06 Å². The fourth-order valence-electron chi connectivity index (χ4n) is 5.49. The molecule has 0 bridgehead atoms. The van der Waals surface area contributed by atoms with Crippen LogP contribution in [0.15, 0.2) is 127 Å². The largest absolute Gasteiger partial charge is 0.447 e. The van der Waals surface area contributed by atoms with Gasteiger partial charge in [0.25, 0.3) is 0 Å². The fraction of sp³-hybridized carbons (Fsp3) is 0.0882. The molecule has 0 unspecified atom stereocenters. The Bertz CT molecular complexity index is 1540. The van der Waals surface area contributed by atoms with E-state index in [1.807, 2.05) is 66.7 Å². The van der Waals surface area contributed by atoms with Gasteiger partial charge in [-0.25, -0.2) is 4.79 Å². The summed E-state index contributed by atoms with van der Waals surface area (Å²) in [4.78, 5) is 12.9. The van der Waals surface area contributed by atoms with Gasteiger partial charge in [0.05, 0.1) is 5.69 Å². The van der Waals surface area contributed by atoms with E-state index in [0.29, 0.717) is 10.1 Å². The Balaban J connectivity index is 1.22. The summed E-state index contributed by atoms with van der Waals surface area (Å²) in [6, 6.07) is 41.6. The number of anilines is 1. The Labute approximate surface area is 232 Å². The number of rotatable bonds is 6. The van der Waals surface area contributed by atoms with E-state index in [1.165, 1.54) is 0 Å². The number of benzene rings is 5. The van der Waals surface area contributed by atoms with E-state index >= 15 is 0 Å². The molecule has 1 aliphatic rings. The van der Waals surface area contributed by atoms with Gasteiger partial charge in [0.2, 0.25) is 0 Å². The molecule has 39 heavy (non-hydrogen) atoms. The number of amides is 1. The lowest BCUT2D eigenvalue weighted by Crippen LogP contribution is -2.29. The third kappa shape index (κ3) is 4.81. The Hall–Kier alpha value is -4.38. The van der Waals surface area contributed by atoms with Crippen molar-refractivity contribution in [1.29, 1.82) is 0 Å². The average molecular weight is 532 g/mol. The summed E-state index contributed by atoms with van der Waals surface area (Å²) in [5.41, 5.74) is 7.80. The van der Waals surface area contributed by atoms with Crippen LogP contribution in [0.25, 0.3) is 11.1 Å². The van der Waals surface area contributed by atoms with E-state index < -0.39 is 6.09 Å². The van der Waals surface area contributed by atoms with Crippen molar-refractivity contribution in [3.63, 3.8) is 0 Å². The van der Waals surface area contributed by atoms with E-state index in [2.05, 4.69) is 48.5 Å². The van der Waals surface area contributed by atoms with E-state index in [4.69, 9.17) is 16.3 Å². The van der Waals surface area contributed by atoms with Crippen molar-refractivity contribution in [2.75, 3.05) is 11.7 Å². The van der Waals surface area contributed by atoms with Gasteiger partial charge in [-0.3, -0.25) is 5.21 Å². The molecule has 0 heterocycles. The van der Waals surface area contributed by atoms with Crippen LogP contribution < -0.4 is 5.06 Å². The first-order chi connectivity index (χ1) is 19.1. The minimum absolute atomic E-state index is 0.0989. The Morgan fingerprint density at radius 1 is 0.744 bits per heavy atom. The van der Waals surface area contributed by atoms with Crippen LogP contribution in [-0.4, -0.2) is 17.9 Å². The number of fused-ring (bicyclic) bond motifs is 3. The summed E-state index contributed by atoms with van der Waals surface area (Å²) < 4.78 is 5.61. The highest BCUT2D eigenvalue weighted by Crippen LogP contribution is 2.44. The summed E-state index contributed by atoms with van der Waals surface area (Å²) in [5.74, 6) is -0.200. The smallest absolute Gasteiger partial charge is 0.438 e. The number of hydrogen-bond donors (Lipinski definition) is 1. The van der Waals surface area contributed by atoms with Crippen molar-refractivity contribution in [2.45, 2.75) is 11.8 Å². The van der Waals surface area contributed by atoms with Gasteiger partial charge in [-0.05, 0) is 51.1 Å². The average Bonchev–Trinajstić information content (AvgIpc) is 3.31. The Morgan fingerprint density at radius 3 is 1.79 bits per heavy atom. The minimum atomic E-state index is -0.858. The molecule has 5 aromatic carbocycles. The highest BCUT2D eigenvalue weighted by Gasteiger charge is 2.30. The van der Waals surface area contributed by atoms with Gasteiger partial charge in [0.15, 0.2) is 0 Å². The number of carbonyl (C=O) groups excluding carboxylic acids is 1. The van der Waals surface area contributed by atoms with Crippen molar-refractivity contribution >= 4 is 23.4 Å². The molecular formula is C34H26ClNO3. The maximum atomic E-state index is 12.9. The highest BCUT2D eigenvalue weighted by molar-refractivity contribution is 6.31. The van der Waals surface area contributed by atoms with Gasteiger partial charge in [-0.15, -0.1) is 0 Å². The standard InChI is InChI=1S/C34H26ClNO3/c35-32-21-25(19-20-30(32)33(23-11-3-1-4-12-23)24-13-5-2-6-14-24)36(38)34(37)39-22-31-28-17-9-7-15-26(28)27-16-8-10-18-29(27)31/h1-21,31,33,38H,22H2. The maximum absolute atomic E-state index is 12.9. The van der Waals surface area contributed by atoms with E-state index in [-0.39, 0.29) is 24.1 Å². The molecule has 5 aromatic rings. The molecule has 0 atom stereocenters. The van der Waals surface area contributed by atoms with Crippen LogP contribution >= 0.6 is 11.6 Å². The second-order valence-electron chi connectivity index (χ2n) is 9.58. The predicted molar refractivity (Wildman–Crippen MR) is 155 cm³/mol. The molecule has 4 nitrogen and oxygen atoms in total. The fourth-order valence-corrected chi connectivity index (χ4v) is 5.77. The predicted octanol–water partition coefficient (Wildman–Crippen LogP) is 8.66. The van der Waals surface area contributed by atoms with Crippen molar-refractivity contribution in [3.05, 3.63) is 160 Å². The van der Waals surface area contributed by atoms with Crippen LogP contribution in [0.1, 0.15) is 39.7 Å². The van der Waals surface area contributed by atoms with Crippen LogP contribution in [0.4, 0.5) is 10.5 Å². The summed E-state index contributed by atoms with van der Waals surface area (Å²) in [7, 11) is 0. The number of hydroxylamine groups is 1. The zero-order valence-electron chi connectivity index (χ0n) is 21.1. The highest BCUT2D eigenvalue weighted by atomic mass is 35.5. The molecule has 0 radical (unpaired) electrons. The lowest BCUT2D eigenvalue weighted by Gasteiger charge is -2.22. The normalized spacial score (nSPS) is 12.2. The van der Waals surface area contributed by atoms with Gasteiger partial charge in [0, 0.05) is 16.9 Å². The molecule has 0 spiro atoms. The van der Waals surface area contributed by atoms with Crippen LogP contribution in [0.5, 0.6) is 0 Å². The molecule has 5 heteroatoms. The zero-order chi connectivity index (χ0) is 26.8. The van der Waals surface area contributed by atoms with E-state index in [0.717, 1.165) is 38.9 Å². The topological polar surface area (TPSA) is 49.8 Å². The third-order valence-electron chi connectivity index (χ3n) is 7.31. The molecule has 1 amide bonds. The van der Waals surface area contributed by atoms with Crippen molar-refractivity contribution < 1.29 is 14.7 Å². The number of hydrogen-bond acceptors (Lipinski definition) is 3. The van der Waals surface area contributed by atoms with E-state index in [1.54, 1.807) is 12.1 Å². The molecule has 6 rings (SSSR count). The minimum Gasteiger partial charge on any atom is -0.447 e. The van der Waals surface area contributed by atoms with Crippen LogP contribution in [0.2, 0.25) is 5.02 Å². The number of ether oxygens (including phenoxy) is 1. The summed E-state index contributed by atoms with van der Waals surface area (Å²) in [6.07, 6.45) is -0.858. The first kappa shape index (κ1) is 24.9. The van der Waals surface area contributed by atoms with Crippen LogP contribution in [0.3, 0.4) is 0 Å². The van der Waals surface area contributed by atoms with E-state index in [9.17, 15) is 10.0 Å². The first-order valence-corrected chi connectivity index (χ1v) is 13.2. The molecule has 0 saturated heterocycles. The molecular weight excluding hydrogens is 506 g/mol. The van der Waals surface area contributed by atoms with Gasteiger partial charge < -0.3 is 4.74 Å². The molecule has 0 fully saturated rings. The SMILES string of the molecule is O=C(OCC1c2ccccc2-c2ccccc21)N(O)c1ccc(C(c2ccccc2)c2ccccc2)c(Cl)c1. The maximum Gasteiger partial charge on any atom is 0.438 e. The van der Waals surface area contributed by atoms with Crippen LogP contribution in [0, 0.1) is 0 Å². The molecule has 0 aliphatic heterocycles. The van der Waals surface area contributed by atoms with Crippen molar-refractivity contribution in [2.24, 2.45) is 0 Å². The van der Waals surface area contributed by atoms with Crippen molar-refractivity contribution in [1.82, 2.24) is 0 Å². The lowest BCUT2D eigenvalue weighted by molar-refractivity contribution is 0.118. The van der Waals surface area contributed by atoms with Crippen LogP contribution in [-0.2, 0) is 4.74 Å². The molecule has 1 N–H and O–H groups in total. The number of nitrogens with zero attached hydrogens (tertiary/aromatic N) is 1. The summed E-state index contributed by atoms with van der Waals surface area (Å²) in [5, 5.41) is 11.7. The Morgan fingerprint density at radius 2 is 1.26 bits per heavy atom. The number of halogens is 1. The summed E-state index contributed by atoms with van der Waals surface area (Å²) in [6.45, 7) is 0.111. The number of carbonyl (C=O) groups is 1. The zero-order valence-corrected chi connectivity index (χ0v) is 21.8. The first-order valence-electron chi connectivity index (χ1n) is 12.8. The molecule has 1 aliphatic carbocycles. The second kappa shape index (κ2) is 10.8. The second-order valence-corrected chi connectivity index (χ2v) is 9.98. The van der Waals surface area contributed by atoms with Crippen molar-refractivity contribution in [3.8, 4) is 11.1 Å². The molecule has 0 saturated carbocycles. The third-order valence-corrected chi connectivity index (χ3v) is 7.64. The summed E-state index contributed by atoms with van der Waals surface area (Å²) >= 11 is 6.78. The quantitative estimate of drug-likeness (QED) is 0.135. The Kier molecular flexibility index (Phi) is 6.89. The van der Waals surface area contributed by atoms with Gasteiger partial charge in [0.1, 0.15) is 6.61 Å². The molecule has 0 aromatic heterocycles. The van der Waals surface area contributed by atoms with Gasteiger partial charge in [-0.1, -0.05) is 127 Å². The lowest BCUT2D eigenvalue weighted by atomic mass is 9.85. The monoisotopic (exact) mass is 531 g/mol.